The fourth-order valence-electron chi connectivity index (χ4n) is 5.98. The minimum atomic E-state index is -0.610. The highest BCUT2D eigenvalue weighted by molar-refractivity contribution is 5.98. The van der Waals surface area contributed by atoms with Crippen molar-refractivity contribution in [2.45, 2.75) is 86.7 Å². The normalized spacial score (nSPS) is 14.9. The van der Waals surface area contributed by atoms with Gasteiger partial charge in [-0.15, -0.1) is 0 Å². The molecule has 3 aliphatic heterocycles. The maximum Gasteiger partial charge on any atom is 0.327 e. The predicted molar refractivity (Wildman–Crippen MR) is 270 cm³/mol. The van der Waals surface area contributed by atoms with Gasteiger partial charge in [0.1, 0.15) is 52.1 Å². The van der Waals surface area contributed by atoms with Crippen LogP contribution in [0, 0.1) is 20.8 Å². The van der Waals surface area contributed by atoms with Gasteiger partial charge < -0.3 is 68.7 Å². The van der Waals surface area contributed by atoms with Crippen molar-refractivity contribution in [3.8, 4) is 17.2 Å². The number of nitrogens with one attached hydrogen (secondary N) is 8. The molecule has 0 aliphatic carbocycles. The van der Waals surface area contributed by atoms with Gasteiger partial charge in [-0.25, -0.2) is 24.5 Å². The zero-order chi connectivity index (χ0) is 55.1. The van der Waals surface area contributed by atoms with E-state index in [0.717, 1.165) is 16.7 Å². The van der Waals surface area contributed by atoms with E-state index >= 15 is 0 Å². The molecule has 2 atom stereocenters. The Morgan fingerprint density at radius 3 is 2.22 bits per heavy atom. The number of aromatic amines is 2. The Morgan fingerprint density at radius 1 is 0.959 bits per heavy atom. The molecule has 18 N–H and O–H groups in total. The quantitative estimate of drug-likeness (QED) is 0.0638. The summed E-state index contributed by atoms with van der Waals surface area (Å²) in [5.74, 6) is 1.83. The standard InChI is InChI=1S/C9H12N2O3.C8H9N3O2.C8H14N2O.C8H11NO2.C7H9N3O2.C6H5N3O3/c1-5-7(3-12)9(10-4-13)11-6(2)8(5)14;1-4-6(12)2-5-3-9-8(13)11-7(5)10-4;1-4-5(2)8(9)10-6(3)7(4)11;1-3-8(11)5-4-6-9-7(2)10;8-2-5-1-6(12)3-9-7(5)10-4-11;10-3-1-2-4(7-3)8-6(12)9-5(2)11/h4,12,14H,3H2,1-2H3,(H,10,11,13);2,12H,3H2,1H3,(H2,9,10,11,13);6-7,11H,1-3H3,(H2,9,10);3-6,11H,1H2,2H3,(H,9,10);1,3-4,12H,2,8H2,(H,9,10,11);1H2,(H3,7,8,9,10,11,12)/b;;;6-4+,8-5+;;. The van der Waals surface area contributed by atoms with Gasteiger partial charge in [0.25, 0.3) is 5.56 Å². The van der Waals surface area contributed by atoms with Gasteiger partial charge in [0.2, 0.25) is 24.6 Å². The van der Waals surface area contributed by atoms with Crippen molar-refractivity contribution in [1.82, 2.24) is 35.6 Å². The molecule has 73 heavy (non-hydrogen) atoms. The smallest absolute Gasteiger partial charge is 0.327 e. The third-order valence-electron chi connectivity index (χ3n) is 10.1. The minimum Gasteiger partial charge on any atom is -0.508 e. The Balaban J connectivity index is 0.000000301. The molecule has 0 bridgehead atoms. The number of nitrogens with zero attached hydrogens (tertiary/aromatic N) is 4. The van der Waals surface area contributed by atoms with Crippen LogP contribution in [0.15, 0.2) is 80.8 Å². The number of amidine groups is 1. The van der Waals surface area contributed by atoms with E-state index in [9.17, 15) is 48.9 Å². The summed E-state index contributed by atoms with van der Waals surface area (Å²) in [5.41, 5.74) is 15.3. The number of pyridine rings is 3. The summed E-state index contributed by atoms with van der Waals surface area (Å²) in [7, 11) is 0. The number of nitrogens with two attached hydrogens (primary N) is 2. The number of hydrogen-bond acceptors (Lipinski definition) is 19. The van der Waals surface area contributed by atoms with E-state index in [2.05, 4.69) is 63.4 Å². The van der Waals surface area contributed by atoms with E-state index in [1.807, 2.05) is 25.8 Å². The summed E-state index contributed by atoms with van der Waals surface area (Å²) in [5, 5.41) is 69.9. The third kappa shape index (κ3) is 18.6. The molecule has 0 radical (unpaired) electrons. The molecule has 0 saturated carbocycles. The molecular weight excluding hydrogens is 957 g/mol. The van der Waals surface area contributed by atoms with Crippen molar-refractivity contribution in [2.24, 2.45) is 16.5 Å². The lowest BCUT2D eigenvalue weighted by Crippen LogP contribution is -2.34. The van der Waals surface area contributed by atoms with Crippen LogP contribution in [0.25, 0.3) is 0 Å². The van der Waals surface area contributed by atoms with Crippen molar-refractivity contribution in [3.63, 3.8) is 0 Å². The van der Waals surface area contributed by atoms with Gasteiger partial charge in [-0.3, -0.25) is 44.2 Å². The number of rotatable bonds is 9. The first-order valence-corrected chi connectivity index (χ1v) is 21.5. The number of aliphatic hydroxyl groups excluding tert-OH is 3. The molecule has 0 spiro atoms. The first kappa shape index (κ1) is 59.9. The molecular formula is C46H60N14O13. The van der Waals surface area contributed by atoms with E-state index in [0.29, 0.717) is 70.5 Å². The monoisotopic (exact) mass is 1020 g/mol. The second-order valence-corrected chi connectivity index (χ2v) is 15.3. The van der Waals surface area contributed by atoms with Crippen LogP contribution in [0.4, 0.5) is 28.1 Å². The lowest BCUT2D eigenvalue weighted by Gasteiger charge is -2.23. The van der Waals surface area contributed by atoms with Crippen LogP contribution in [0.1, 0.15) is 66.9 Å². The van der Waals surface area contributed by atoms with Gasteiger partial charge in [0, 0.05) is 48.5 Å². The number of allylic oxidation sites excluding steroid dienone is 3. The second kappa shape index (κ2) is 29.1. The maximum absolute atomic E-state index is 11.0. The molecule has 3 aliphatic rings. The van der Waals surface area contributed by atoms with Crippen LogP contribution in [0.2, 0.25) is 0 Å². The molecule has 6 amide bonds. The number of fused-ring (bicyclic) bond motifs is 2. The van der Waals surface area contributed by atoms with Crippen molar-refractivity contribution in [2.75, 3.05) is 21.3 Å². The van der Waals surface area contributed by atoms with Crippen LogP contribution in [-0.2, 0) is 45.3 Å². The molecule has 0 saturated heterocycles. The van der Waals surface area contributed by atoms with Gasteiger partial charge in [-0.05, 0) is 83.0 Å². The third-order valence-corrected chi connectivity index (χ3v) is 10.1. The molecule has 7 rings (SSSR count). The highest BCUT2D eigenvalue weighted by Crippen LogP contribution is 2.28. The number of carbonyl (C=O) groups is 5. The number of hydrogen-bond donors (Lipinski definition) is 16. The van der Waals surface area contributed by atoms with Crippen molar-refractivity contribution in [3.05, 3.63) is 126 Å². The SMILES string of the molecule is C=C/C(O)=C\C=C\NC(C)=O.CC1=C(C)C(O)C(C)N=C1N.Cc1nc(NC=O)c(CO)c(C)c1O.Cc1nc2c(cc1O)CNC(=O)N2.NCc1cc(O)cnc1NC=O.O=C1Cc2c([nH]c(=O)[nH]c2=O)N1. The summed E-state index contributed by atoms with van der Waals surface area (Å²) in [4.78, 5) is 94.2. The lowest BCUT2D eigenvalue weighted by atomic mass is 9.97. The van der Waals surface area contributed by atoms with Gasteiger partial charge in [-0.1, -0.05) is 6.58 Å². The zero-order valence-electron chi connectivity index (χ0n) is 40.9. The van der Waals surface area contributed by atoms with E-state index in [4.69, 9.17) is 26.8 Å². The largest absolute Gasteiger partial charge is 0.508 e. The first-order valence-electron chi connectivity index (χ1n) is 21.5. The van der Waals surface area contributed by atoms with E-state index < -0.39 is 17.4 Å². The average molecular weight is 1020 g/mol. The van der Waals surface area contributed by atoms with Crippen LogP contribution >= 0.6 is 0 Å². The number of aryl methyl sites for hydroxylation is 2. The number of anilines is 4. The van der Waals surface area contributed by atoms with E-state index in [-0.39, 0.29) is 78.1 Å². The molecule has 27 heteroatoms. The molecule has 0 aromatic carbocycles. The maximum atomic E-state index is 11.0. The number of H-pyrrole nitrogens is 2. The lowest BCUT2D eigenvalue weighted by molar-refractivity contribution is -0.118. The molecule has 27 nitrogen and oxygen atoms in total. The molecule has 7 heterocycles. The van der Waals surface area contributed by atoms with Crippen LogP contribution in [0.3, 0.4) is 0 Å². The Kier molecular flexibility index (Phi) is 23.9. The van der Waals surface area contributed by atoms with Gasteiger partial charge >= 0.3 is 11.7 Å². The topological polar surface area (TPSA) is 448 Å². The summed E-state index contributed by atoms with van der Waals surface area (Å²) < 4.78 is 0. The summed E-state index contributed by atoms with van der Waals surface area (Å²) in [6, 6.07) is 2.70. The number of carbonyl (C=O) groups excluding carboxylic acids is 5. The van der Waals surface area contributed by atoms with Gasteiger partial charge in [0.15, 0.2) is 0 Å². The van der Waals surface area contributed by atoms with Crippen molar-refractivity contribution in [1.29, 1.82) is 0 Å². The number of aliphatic imine (C=N–C) groups is 1. The van der Waals surface area contributed by atoms with Gasteiger partial charge in [0.05, 0.1) is 48.3 Å². The Morgan fingerprint density at radius 2 is 1.62 bits per heavy atom. The van der Waals surface area contributed by atoms with Crippen LogP contribution < -0.4 is 54.6 Å². The summed E-state index contributed by atoms with van der Waals surface area (Å²) in [6.45, 7) is 15.7. The van der Waals surface area contributed by atoms with Crippen LogP contribution in [0.5, 0.6) is 17.2 Å². The second-order valence-electron chi connectivity index (χ2n) is 15.3. The molecule has 4 aromatic rings. The summed E-state index contributed by atoms with van der Waals surface area (Å²) >= 11 is 0. The molecule has 2 unspecified atom stereocenters. The Hall–Kier alpha value is -9.21. The zero-order valence-corrected chi connectivity index (χ0v) is 40.9. The Labute approximate surface area is 417 Å². The molecule has 392 valence electrons. The number of aliphatic hydroxyl groups is 3. The highest BCUT2D eigenvalue weighted by Gasteiger charge is 2.23. The van der Waals surface area contributed by atoms with Crippen LogP contribution in [-0.4, -0.2) is 104 Å². The predicted octanol–water partition coefficient (Wildman–Crippen LogP) is 1.27. The first-order chi connectivity index (χ1) is 34.4. The van der Waals surface area contributed by atoms with E-state index in [1.165, 1.54) is 43.6 Å². The van der Waals surface area contributed by atoms with E-state index in [1.54, 1.807) is 26.8 Å². The van der Waals surface area contributed by atoms with Crippen molar-refractivity contribution < 1.29 is 54.6 Å². The molecule has 0 fully saturated rings. The number of aromatic nitrogens is 5. The molecule has 4 aromatic heterocycles. The fraction of sp³-hybridized carbons (Fsp3) is 0.283. The summed E-state index contributed by atoms with van der Waals surface area (Å²) in [6.07, 6.45) is 7.48. The highest BCUT2D eigenvalue weighted by atomic mass is 16.3. The van der Waals surface area contributed by atoms with Gasteiger partial charge in [-0.2, -0.15) is 0 Å². The minimum absolute atomic E-state index is 0.0292. The number of dihydropyridines is 1. The number of aromatic hydroxyl groups is 3. The number of urea groups is 1. The Bertz CT molecular complexity index is 2910. The average Bonchev–Trinajstić information content (AvgIpc) is 3.73. The fourth-order valence-corrected chi connectivity index (χ4v) is 5.98. The van der Waals surface area contributed by atoms with Crippen molar-refractivity contribution >= 4 is 59.8 Å². The number of amides is 6.